The molecule has 0 aliphatic rings. The molecule has 0 aromatic rings. The normalized spacial score (nSPS) is 14.1. The fraction of sp³-hybridized carbons (Fsp3) is 0.778. The molecule has 0 bridgehead atoms. The summed E-state index contributed by atoms with van der Waals surface area (Å²) in [7, 11) is 1.73. The maximum absolute atomic E-state index is 5.51. The fourth-order valence-electron chi connectivity index (χ4n) is 0.791. The average molecular weight is 177 g/mol. The van der Waals surface area contributed by atoms with Gasteiger partial charge in [-0.2, -0.15) is 0 Å². The molecule has 0 saturated carbocycles. The maximum atomic E-state index is 5.51. The molecule has 66 valence electrons. The number of hydrogen-bond donors (Lipinski definition) is 0. The zero-order valence-corrected chi connectivity index (χ0v) is 8.10. The van der Waals surface area contributed by atoms with E-state index in [0.717, 1.165) is 19.4 Å². The minimum atomic E-state index is 0.609. The topological polar surface area (TPSA) is 9.23 Å². The van der Waals surface area contributed by atoms with Crippen molar-refractivity contribution in [2.45, 2.75) is 19.8 Å². The highest BCUT2D eigenvalue weighted by Gasteiger charge is 1.94. The van der Waals surface area contributed by atoms with Crippen LogP contribution in [-0.4, -0.2) is 19.6 Å². The average Bonchev–Trinajstić information content (AvgIpc) is 2.01. The number of rotatable bonds is 6. The summed E-state index contributed by atoms with van der Waals surface area (Å²) in [4.78, 5) is 0. The summed E-state index contributed by atoms with van der Waals surface area (Å²) in [6.07, 6.45) is 6.39. The van der Waals surface area contributed by atoms with E-state index in [9.17, 15) is 0 Å². The Morgan fingerprint density at radius 3 is 2.82 bits per heavy atom. The molecule has 0 aromatic carbocycles. The van der Waals surface area contributed by atoms with Crippen molar-refractivity contribution in [2.24, 2.45) is 5.92 Å². The number of halogens is 1. The number of hydrogen-bond acceptors (Lipinski definition) is 1. The summed E-state index contributed by atoms with van der Waals surface area (Å²) in [5.74, 6) is 1.33. The molecule has 1 unspecified atom stereocenters. The molecule has 1 nitrogen and oxygen atoms in total. The second-order valence-electron chi connectivity index (χ2n) is 2.66. The number of allylic oxidation sites excluding steroid dienone is 2. The molecule has 0 radical (unpaired) electrons. The Balaban J connectivity index is 3.27. The van der Waals surface area contributed by atoms with E-state index >= 15 is 0 Å². The molecule has 0 N–H and O–H groups in total. The highest BCUT2D eigenvalue weighted by molar-refractivity contribution is 6.17. The van der Waals surface area contributed by atoms with Crippen LogP contribution in [0.2, 0.25) is 0 Å². The van der Waals surface area contributed by atoms with E-state index < -0.39 is 0 Å². The summed E-state index contributed by atoms with van der Waals surface area (Å²) >= 11 is 5.51. The second-order valence-corrected chi connectivity index (χ2v) is 3.04. The van der Waals surface area contributed by atoms with Gasteiger partial charge in [0.1, 0.15) is 0 Å². The summed E-state index contributed by atoms with van der Waals surface area (Å²) < 4.78 is 4.96. The monoisotopic (exact) mass is 176 g/mol. The van der Waals surface area contributed by atoms with Crippen LogP contribution in [0.25, 0.3) is 0 Å². The SMILES string of the molecule is COCCC(C)/C=C/CCCl. The van der Waals surface area contributed by atoms with Crippen LogP contribution in [0, 0.1) is 5.92 Å². The molecular formula is C9H17ClO. The van der Waals surface area contributed by atoms with Crippen LogP contribution in [0.1, 0.15) is 19.8 Å². The highest BCUT2D eigenvalue weighted by Crippen LogP contribution is 2.04. The molecule has 0 rings (SSSR count). The Bertz CT molecular complexity index is 102. The maximum Gasteiger partial charge on any atom is 0.0467 e. The Labute approximate surface area is 74.4 Å². The van der Waals surface area contributed by atoms with E-state index in [0.29, 0.717) is 11.8 Å². The van der Waals surface area contributed by atoms with Crippen LogP contribution in [0.15, 0.2) is 12.2 Å². The van der Waals surface area contributed by atoms with E-state index in [1.165, 1.54) is 0 Å². The van der Waals surface area contributed by atoms with E-state index in [-0.39, 0.29) is 0 Å². The molecule has 2 heteroatoms. The van der Waals surface area contributed by atoms with E-state index in [1.807, 2.05) is 0 Å². The third-order valence-electron chi connectivity index (χ3n) is 1.52. The van der Waals surface area contributed by atoms with Crippen LogP contribution >= 0.6 is 11.6 Å². The lowest BCUT2D eigenvalue weighted by atomic mass is 10.1. The van der Waals surface area contributed by atoms with E-state index in [2.05, 4.69) is 19.1 Å². The van der Waals surface area contributed by atoms with Gasteiger partial charge in [0, 0.05) is 19.6 Å². The molecule has 0 aliphatic heterocycles. The van der Waals surface area contributed by atoms with Crippen molar-refractivity contribution >= 4 is 11.6 Å². The Kier molecular flexibility index (Phi) is 8.08. The first-order chi connectivity index (χ1) is 5.31. The molecule has 0 spiro atoms. The van der Waals surface area contributed by atoms with Gasteiger partial charge in [-0.1, -0.05) is 19.1 Å². The van der Waals surface area contributed by atoms with Crippen LogP contribution in [0.5, 0.6) is 0 Å². The van der Waals surface area contributed by atoms with Crippen molar-refractivity contribution in [3.8, 4) is 0 Å². The Morgan fingerprint density at radius 2 is 2.27 bits per heavy atom. The minimum Gasteiger partial charge on any atom is -0.385 e. The summed E-state index contributed by atoms with van der Waals surface area (Å²) in [5.41, 5.74) is 0. The van der Waals surface area contributed by atoms with E-state index in [1.54, 1.807) is 7.11 Å². The molecule has 0 aromatic heterocycles. The van der Waals surface area contributed by atoms with Gasteiger partial charge in [0.15, 0.2) is 0 Å². The molecular weight excluding hydrogens is 160 g/mol. The zero-order chi connectivity index (χ0) is 8.53. The van der Waals surface area contributed by atoms with Gasteiger partial charge in [0.25, 0.3) is 0 Å². The molecule has 0 aliphatic carbocycles. The van der Waals surface area contributed by atoms with Gasteiger partial charge in [-0.3, -0.25) is 0 Å². The first-order valence-corrected chi connectivity index (χ1v) is 4.56. The van der Waals surface area contributed by atoms with Gasteiger partial charge in [-0.25, -0.2) is 0 Å². The van der Waals surface area contributed by atoms with E-state index in [4.69, 9.17) is 16.3 Å². The molecule has 0 fully saturated rings. The smallest absolute Gasteiger partial charge is 0.0467 e. The lowest BCUT2D eigenvalue weighted by molar-refractivity contribution is 0.186. The van der Waals surface area contributed by atoms with Gasteiger partial charge in [0.05, 0.1) is 0 Å². The van der Waals surface area contributed by atoms with Gasteiger partial charge >= 0.3 is 0 Å². The van der Waals surface area contributed by atoms with Crippen molar-refractivity contribution < 1.29 is 4.74 Å². The summed E-state index contributed by atoms with van der Waals surface area (Å²) in [6, 6.07) is 0. The second kappa shape index (κ2) is 8.09. The van der Waals surface area contributed by atoms with Crippen molar-refractivity contribution in [3.63, 3.8) is 0 Å². The quantitative estimate of drug-likeness (QED) is 0.447. The molecule has 0 saturated heterocycles. The van der Waals surface area contributed by atoms with Crippen molar-refractivity contribution in [1.82, 2.24) is 0 Å². The van der Waals surface area contributed by atoms with Gasteiger partial charge in [-0.05, 0) is 18.8 Å². The standard InChI is InChI=1S/C9H17ClO/c1-9(6-8-11-2)5-3-4-7-10/h3,5,9H,4,6-8H2,1-2H3/b5-3+. The molecule has 11 heavy (non-hydrogen) atoms. The number of methoxy groups -OCH3 is 1. The van der Waals surface area contributed by atoms with Gasteiger partial charge < -0.3 is 4.74 Å². The first kappa shape index (κ1) is 11.0. The Hall–Kier alpha value is -0.0100. The lowest BCUT2D eigenvalue weighted by Gasteiger charge is -2.03. The van der Waals surface area contributed by atoms with Gasteiger partial charge in [0.2, 0.25) is 0 Å². The highest BCUT2D eigenvalue weighted by atomic mass is 35.5. The van der Waals surface area contributed by atoms with Gasteiger partial charge in [-0.15, -0.1) is 11.6 Å². The number of ether oxygens (including phenoxy) is 1. The van der Waals surface area contributed by atoms with Crippen LogP contribution in [0.4, 0.5) is 0 Å². The fourth-order valence-corrected chi connectivity index (χ4v) is 0.917. The summed E-state index contributed by atoms with van der Waals surface area (Å²) in [6.45, 7) is 3.02. The lowest BCUT2D eigenvalue weighted by Crippen LogP contribution is -1.96. The predicted octanol–water partition coefficient (Wildman–Crippen LogP) is 2.84. The van der Waals surface area contributed by atoms with Crippen LogP contribution < -0.4 is 0 Å². The largest absolute Gasteiger partial charge is 0.385 e. The van der Waals surface area contributed by atoms with Crippen molar-refractivity contribution in [1.29, 1.82) is 0 Å². The third kappa shape index (κ3) is 7.89. The van der Waals surface area contributed by atoms with Crippen molar-refractivity contribution in [3.05, 3.63) is 12.2 Å². The molecule has 0 amide bonds. The molecule has 1 atom stereocenters. The first-order valence-electron chi connectivity index (χ1n) is 4.02. The van der Waals surface area contributed by atoms with Crippen LogP contribution in [0.3, 0.4) is 0 Å². The summed E-state index contributed by atoms with van der Waals surface area (Å²) in [5, 5.41) is 0. The van der Waals surface area contributed by atoms with Crippen molar-refractivity contribution in [2.75, 3.05) is 19.6 Å². The Morgan fingerprint density at radius 1 is 1.55 bits per heavy atom. The minimum absolute atomic E-state index is 0.609. The molecule has 0 heterocycles. The third-order valence-corrected chi connectivity index (χ3v) is 1.74. The predicted molar refractivity (Wildman–Crippen MR) is 50.1 cm³/mol. The zero-order valence-electron chi connectivity index (χ0n) is 7.35. The number of alkyl halides is 1. The van der Waals surface area contributed by atoms with Crippen LogP contribution in [-0.2, 0) is 4.74 Å².